The van der Waals surface area contributed by atoms with Crippen molar-refractivity contribution in [2.24, 2.45) is 10.4 Å². The van der Waals surface area contributed by atoms with Gasteiger partial charge in [-0.3, -0.25) is 14.4 Å². The highest BCUT2D eigenvalue weighted by atomic mass is 16.1. The van der Waals surface area contributed by atoms with Crippen LogP contribution in [0.1, 0.15) is 45.6 Å². The van der Waals surface area contributed by atoms with E-state index in [0.717, 1.165) is 24.4 Å². The standard InChI is InChI=1S/C21H24N4O/c1-5-7-15(22-6-2)8-9-16-10-11-17-19(23-16)24-18-12-13-21(3,4)14-25(18)20(17)26/h5,7,10-11H,6,12-14H2,1-4H3/b7-5-,22-15?. The van der Waals surface area contributed by atoms with E-state index >= 15 is 0 Å². The lowest BCUT2D eigenvalue weighted by molar-refractivity contribution is 0.240. The minimum Gasteiger partial charge on any atom is -0.295 e. The van der Waals surface area contributed by atoms with Crippen molar-refractivity contribution in [2.45, 2.75) is 47.1 Å². The van der Waals surface area contributed by atoms with Gasteiger partial charge in [-0.05, 0) is 55.7 Å². The first-order valence-electron chi connectivity index (χ1n) is 9.03. The summed E-state index contributed by atoms with van der Waals surface area (Å²) in [4.78, 5) is 26.3. The third-order valence-electron chi connectivity index (χ3n) is 4.48. The van der Waals surface area contributed by atoms with Gasteiger partial charge in [0.05, 0.1) is 5.39 Å². The van der Waals surface area contributed by atoms with Crippen LogP contribution in [0.2, 0.25) is 0 Å². The third kappa shape index (κ3) is 3.75. The molecule has 0 aliphatic carbocycles. The van der Waals surface area contributed by atoms with E-state index in [1.165, 1.54) is 0 Å². The molecule has 0 saturated heterocycles. The van der Waals surface area contributed by atoms with E-state index in [-0.39, 0.29) is 11.0 Å². The van der Waals surface area contributed by atoms with E-state index in [4.69, 9.17) is 0 Å². The zero-order valence-corrected chi connectivity index (χ0v) is 15.8. The van der Waals surface area contributed by atoms with Crippen molar-refractivity contribution in [3.05, 3.63) is 46.2 Å². The topological polar surface area (TPSA) is 60.1 Å². The average molecular weight is 348 g/mol. The first-order chi connectivity index (χ1) is 12.4. The Bertz CT molecular complexity index is 1020. The van der Waals surface area contributed by atoms with Gasteiger partial charge in [-0.25, -0.2) is 9.97 Å². The predicted octanol–water partition coefficient (Wildman–Crippen LogP) is 3.15. The molecule has 0 saturated carbocycles. The molecule has 0 unspecified atom stereocenters. The van der Waals surface area contributed by atoms with Gasteiger partial charge in [0.2, 0.25) is 0 Å². The summed E-state index contributed by atoms with van der Waals surface area (Å²) in [6.45, 7) is 9.66. The SMILES string of the molecule is C/C=C\C(C#Cc1ccc2c(=O)n3c(nc2n1)CCC(C)(C)C3)=NCC. The van der Waals surface area contributed by atoms with Crippen LogP contribution in [-0.4, -0.2) is 26.8 Å². The molecule has 2 aromatic heterocycles. The lowest BCUT2D eigenvalue weighted by atomic mass is 9.85. The number of hydrogen-bond acceptors (Lipinski definition) is 4. The van der Waals surface area contributed by atoms with Gasteiger partial charge in [0, 0.05) is 19.5 Å². The molecule has 5 nitrogen and oxygen atoms in total. The van der Waals surface area contributed by atoms with Crippen molar-refractivity contribution in [3.63, 3.8) is 0 Å². The molecule has 134 valence electrons. The second-order valence-corrected chi connectivity index (χ2v) is 7.26. The number of rotatable bonds is 2. The van der Waals surface area contributed by atoms with Crippen LogP contribution in [0.3, 0.4) is 0 Å². The molecule has 1 aliphatic rings. The summed E-state index contributed by atoms with van der Waals surface area (Å²) in [5.74, 6) is 6.88. The van der Waals surface area contributed by atoms with Crippen molar-refractivity contribution >= 4 is 16.7 Å². The number of aryl methyl sites for hydroxylation is 1. The Labute approximate surface area is 153 Å². The Balaban J connectivity index is 2.04. The molecule has 2 aromatic rings. The number of fused-ring (bicyclic) bond motifs is 2. The molecule has 0 bridgehead atoms. The average Bonchev–Trinajstić information content (AvgIpc) is 2.60. The van der Waals surface area contributed by atoms with Crippen LogP contribution in [0.4, 0.5) is 0 Å². The molecular weight excluding hydrogens is 324 g/mol. The lowest BCUT2D eigenvalue weighted by Gasteiger charge is -2.31. The van der Waals surface area contributed by atoms with Gasteiger partial charge < -0.3 is 0 Å². The van der Waals surface area contributed by atoms with Gasteiger partial charge in [0.1, 0.15) is 17.2 Å². The van der Waals surface area contributed by atoms with Gasteiger partial charge >= 0.3 is 0 Å². The molecule has 0 radical (unpaired) electrons. The van der Waals surface area contributed by atoms with Gasteiger partial charge in [-0.15, -0.1) is 0 Å². The Morgan fingerprint density at radius 1 is 1.38 bits per heavy atom. The minimum atomic E-state index is -0.00747. The molecule has 3 heterocycles. The smallest absolute Gasteiger partial charge is 0.263 e. The molecule has 0 amide bonds. The summed E-state index contributed by atoms with van der Waals surface area (Å²) in [6.07, 6.45) is 5.60. The fourth-order valence-electron chi connectivity index (χ4n) is 3.12. The highest BCUT2D eigenvalue weighted by Crippen LogP contribution is 2.29. The zero-order valence-electron chi connectivity index (χ0n) is 15.8. The largest absolute Gasteiger partial charge is 0.295 e. The van der Waals surface area contributed by atoms with Crippen molar-refractivity contribution in [1.82, 2.24) is 14.5 Å². The highest BCUT2D eigenvalue weighted by molar-refractivity contribution is 6.09. The Morgan fingerprint density at radius 3 is 2.92 bits per heavy atom. The van der Waals surface area contributed by atoms with E-state index in [1.54, 1.807) is 16.7 Å². The number of nitrogens with zero attached hydrogens (tertiary/aromatic N) is 4. The van der Waals surface area contributed by atoms with Crippen molar-refractivity contribution in [1.29, 1.82) is 0 Å². The maximum absolute atomic E-state index is 12.8. The summed E-state index contributed by atoms with van der Waals surface area (Å²) in [5.41, 5.74) is 1.91. The normalized spacial score (nSPS) is 16.4. The molecule has 0 N–H and O–H groups in total. The van der Waals surface area contributed by atoms with Gasteiger partial charge in [-0.1, -0.05) is 19.9 Å². The lowest BCUT2D eigenvalue weighted by Crippen LogP contribution is -2.36. The summed E-state index contributed by atoms with van der Waals surface area (Å²) in [7, 11) is 0. The summed E-state index contributed by atoms with van der Waals surface area (Å²) in [6, 6.07) is 3.56. The van der Waals surface area contributed by atoms with Crippen LogP contribution >= 0.6 is 0 Å². The number of hydrogen-bond donors (Lipinski definition) is 0. The first kappa shape index (κ1) is 18.1. The maximum atomic E-state index is 12.8. The zero-order chi connectivity index (χ0) is 18.7. The fourth-order valence-corrected chi connectivity index (χ4v) is 3.12. The third-order valence-corrected chi connectivity index (χ3v) is 4.48. The van der Waals surface area contributed by atoms with Crippen LogP contribution < -0.4 is 5.56 Å². The molecule has 0 atom stereocenters. The molecule has 26 heavy (non-hydrogen) atoms. The quantitative estimate of drug-likeness (QED) is 0.619. The maximum Gasteiger partial charge on any atom is 0.263 e. The van der Waals surface area contributed by atoms with E-state index < -0.39 is 0 Å². The molecule has 0 spiro atoms. The number of aromatic nitrogens is 3. The van der Waals surface area contributed by atoms with E-state index in [1.807, 2.05) is 26.0 Å². The summed E-state index contributed by atoms with van der Waals surface area (Å²) < 4.78 is 1.80. The Hall–Kier alpha value is -2.74. The monoisotopic (exact) mass is 348 g/mol. The molecule has 1 aliphatic heterocycles. The second kappa shape index (κ2) is 7.25. The summed E-state index contributed by atoms with van der Waals surface area (Å²) in [5, 5.41) is 0.549. The minimum absolute atomic E-state index is 0.00747. The first-order valence-corrected chi connectivity index (χ1v) is 9.03. The van der Waals surface area contributed by atoms with Crippen LogP contribution in [-0.2, 0) is 13.0 Å². The van der Waals surface area contributed by atoms with E-state index in [2.05, 4.69) is 40.6 Å². The van der Waals surface area contributed by atoms with E-state index in [0.29, 0.717) is 29.8 Å². The van der Waals surface area contributed by atoms with Crippen LogP contribution in [0.5, 0.6) is 0 Å². The molecular formula is C21H24N4O. The van der Waals surface area contributed by atoms with Gasteiger partial charge in [0.15, 0.2) is 5.65 Å². The second-order valence-electron chi connectivity index (χ2n) is 7.26. The van der Waals surface area contributed by atoms with Crippen LogP contribution in [0, 0.1) is 17.3 Å². The van der Waals surface area contributed by atoms with E-state index in [9.17, 15) is 4.79 Å². The van der Waals surface area contributed by atoms with Gasteiger partial charge in [0.25, 0.3) is 5.56 Å². The predicted molar refractivity (Wildman–Crippen MR) is 106 cm³/mol. The number of aliphatic imine (C=N–C) groups is 1. The van der Waals surface area contributed by atoms with Crippen LogP contribution in [0.15, 0.2) is 34.1 Å². The number of allylic oxidation sites excluding steroid dienone is 2. The van der Waals surface area contributed by atoms with Crippen molar-refractivity contribution in [3.8, 4) is 11.8 Å². The Kier molecular flexibility index (Phi) is 5.03. The van der Waals surface area contributed by atoms with Crippen LogP contribution in [0.25, 0.3) is 11.0 Å². The fraction of sp³-hybridized carbons (Fsp3) is 0.429. The van der Waals surface area contributed by atoms with Crippen molar-refractivity contribution < 1.29 is 0 Å². The summed E-state index contributed by atoms with van der Waals surface area (Å²) >= 11 is 0. The molecule has 0 fully saturated rings. The molecule has 0 aromatic carbocycles. The molecule has 3 rings (SSSR count). The van der Waals surface area contributed by atoms with Crippen molar-refractivity contribution in [2.75, 3.05) is 6.54 Å². The highest BCUT2D eigenvalue weighted by Gasteiger charge is 2.27. The Morgan fingerprint density at radius 2 is 2.19 bits per heavy atom. The number of pyridine rings is 1. The van der Waals surface area contributed by atoms with Gasteiger partial charge in [-0.2, -0.15) is 0 Å². The molecule has 5 heteroatoms.